The molecule has 2 aromatic heterocycles. The van der Waals surface area contributed by atoms with Crippen molar-refractivity contribution in [2.75, 3.05) is 0 Å². The molecule has 0 aliphatic heterocycles. The van der Waals surface area contributed by atoms with E-state index in [-0.39, 0.29) is 5.56 Å². The summed E-state index contributed by atoms with van der Waals surface area (Å²) in [5.74, 6) is 0. The lowest BCUT2D eigenvalue weighted by atomic mass is 9.95. The van der Waals surface area contributed by atoms with E-state index in [9.17, 15) is 4.79 Å². The number of pyridine rings is 1. The van der Waals surface area contributed by atoms with Gasteiger partial charge in [0.2, 0.25) is 0 Å². The Hall–Kier alpha value is -3.20. The maximum atomic E-state index is 13.0. The number of hydrogen-bond acceptors (Lipinski definition) is 2. The van der Waals surface area contributed by atoms with Crippen LogP contribution in [0.15, 0.2) is 77.7 Å². The average molecular weight is 338 g/mol. The van der Waals surface area contributed by atoms with Crippen molar-refractivity contribution in [3.63, 3.8) is 0 Å². The predicted molar refractivity (Wildman–Crippen MR) is 104 cm³/mol. The lowest BCUT2D eigenvalue weighted by molar-refractivity contribution is 0.899. The molecule has 1 aliphatic carbocycles. The number of benzene rings is 2. The highest BCUT2D eigenvalue weighted by molar-refractivity contribution is 5.91. The Morgan fingerprint density at radius 3 is 2.23 bits per heavy atom. The van der Waals surface area contributed by atoms with E-state index in [1.54, 1.807) is 4.40 Å². The van der Waals surface area contributed by atoms with Gasteiger partial charge in [0.15, 0.2) is 0 Å². The van der Waals surface area contributed by atoms with Crippen molar-refractivity contribution < 1.29 is 0 Å². The normalized spacial score (nSPS) is 13.1. The van der Waals surface area contributed by atoms with Crippen LogP contribution in [0, 0.1) is 0 Å². The Morgan fingerprint density at radius 1 is 0.808 bits per heavy atom. The van der Waals surface area contributed by atoms with Crippen LogP contribution in [0.4, 0.5) is 0 Å². The topological polar surface area (TPSA) is 34.4 Å². The highest BCUT2D eigenvalue weighted by Gasteiger charge is 2.21. The molecule has 0 fully saturated rings. The van der Waals surface area contributed by atoms with Crippen LogP contribution < -0.4 is 5.56 Å². The zero-order valence-electron chi connectivity index (χ0n) is 14.4. The van der Waals surface area contributed by atoms with Crippen LogP contribution in [0.2, 0.25) is 0 Å². The Kier molecular flexibility index (Phi) is 3.45. The molecule has 0 bridgehead atoms. The van der Waals surface area contributed by atoms with Crippen molar-refractivity contribution in [3.8, 4) is 22.3 Å². The van der Waals surface area contributed by atoms with Gasteiger partial charge in [0.1, 0.15) is 5.65 Å². The molecule has 0 radical (unpaired) electrons. The fraction of sp³-hybridized carbons (Fsp3) is 0.130. The SMILES string of the molecule is O=c1c2c(nc3c(-c4ccccc4)c(-c4ccccc4)ccn13)CCC2. The van der Waals surface area contributed by atoms with Gasteiger partial charge in [0.25, 0.3) is 5.56 Å². The van der Waals surface area contributed by atoms with E-state index < -0.39 is 0 Å². The summed E-state index contributed by atoms with van der Waals surface area (Å²) in [6.07, 6.45) is 4.62. The van der Waals surface area contributed by atoms with E-state index in [0.29, 0.717) is 0 Å². The summed E-state index contributed by atoms with van der Waals surface area (Å²) < 4.78 is 1.72. The molecule has 126 valence electrons. The van der Waals surface area contributed by atoms with Crippen molar-refractivity contribution >= 4 is 5.65 Å². The van der Waals surface area contributed by atoms with E-state index >= 15 is 0 Å². The van der Waals surface area contributed by atoms with Crippen molar-refractivity contribution in [3.05, 3.63) is 94.5 Å². The zero-order chi connectivity index (χ0) is 17.5. The molecule has 26 heavy (non-hydrogen) atoms. The molecule has 0 N–H and O–H groups in total. The van der Waals surface area contributed by atoms with Crippen LogP contribution in [0.1, 0.15) is 17.7 Å². The number of aromatic nitrogens is 2. The molecule has 0 unspecified atom stereocenters. The fourth-order valence-corrected chi connectivity index (χ4v) is 3.92. The molecule has 3 nitrogen and oxygen atoms in total. The molecule has 0 atom stereocenters. The first-order valence-electron chi connectivity index (χ1n) is 9.01. The zero-order valence-corrected chi connectivity index (χ0v) is 14.4. The largest absolute Gasteiger partial charge is 0.269 e. The minimum absolute atomic E-state index is 0.0827. The molecule has 2 heterocycles. The number of nitrogens with zero attached hydrogens (tertiary/aromatic N) is 2. The number of hydrogen-bond donors (Lipinski definition) is 0. The molecule has 5 rings (SSSR count). The summed E-state index contributed by atoms with van der Waals surface area (Å²) >= 11 is 0. The second-order valence-corrected chi connectivity index (χ2v) is 6.73. The van der Waals surface area contributed by atoms with Gasteiger partial charge in [-0.15, -0.1) is 0 Å². The smallest absolute Gasteiger partial charge is 0.261 e. The summed E-state index contributed by atoms with van der Waals surface area (Å²) in [4.78, 5) is 17.9. The fourth-order valence-electron chi connectivity index (χ4n) is 3.92. The van der Waals surface area contributed by atoms with Gasteiger partial charge >= 0.3 is 0 Å². The standard InChI is InChI=1S/C23H18N2O/c26-23-19-12-7-13-20(19)24-22-21(17-10-5-2-6-11-17)18(14-15-25(22)23)16-8-3-1-4-9-16/h1-6,8-11,14-15H,7,12-13H2. The molecule has 1 aliphatic rings. The van der Waals surface area contributed by atoms with Gasteiger partial charge < -0.3 is 0 Å². The van der Waals surface area contributed by atoms with Gasteiger partial charge in [-0.05, 0) is 42.0 Å². The Labute approximate surface area is 151 Å². The van der Waals surface area contributed by atoms with E-state index in [1.165, 1.54) is 0 Å². The third-order valence-electron chi connectivity index (χ3n) is 5.17. The number of fused-ring (bicyclic) bond motifs is 2. The van der Waals surface area contributed by atoms with E-state index in [1.807, 2.05) is 48.7 Å². The molecular formula is C23H18N2O. The maximum Gasteiger partial charge on any atom is 0.261 e. The van der Waals surface area contributed by atoms with Crippen LogP contribution in [0.5, 0.6) is 0 Å². The highest BCUT2D eigenvalue weighted by Crippen LogP contribution is 2.35. The number of aryl methyl sites for hydroxylation is 1. The Balaban J connectivity index is 1.92. The van der Waals surface area contributed by atoms with Gasteiger partial charge in [-0.1, -0.05) is 60.7 Å². The molecule has 0 saturated carbocycles. The van der Waals surface area contributed by atoms with Crippen molar-refractivity contribution in [1.29, 1.82) is 0 Å². The average Bonchev–Trinajstić information content (AvgIpc) is 3.17. The number of rotatable bonds is 2. The summed E-state index contributed by atoms with van der Waals surface area (Å²) in [5, 5.41) is 0. The van der Waals surface area contributed by atoms with Gasteiger partial charge in [0, 0.05) is 17.3 Å². The first kappa shape index (κ1) is 15.1. The van der Waals surface area contributed by atoms with Gasteiger partial charge in [-0.2, -0.15) is 0 Å². The van der Waals surface area contributed by atoms with E-state index in [2.05, 4.69) is 24.3 Å². The lowest BCUT2D eigenvalue weighted by Crippen LogP contribution is -2.20. The van der Waals surface area contributed by atoms with Crippen molar-refractivity contribution in [2.24, 2.45) is 0 Å². The molecule has 0 amide bonds. The van der Waals surface area contributed by atoms with Crippen LogP contribution >= 0.6 is 0 Å². The highest BCUT2D eigenvalue weighted by atomic mass is 16.1. The van der Waals surface area contributed by atoms with Gasteiger partial charge in [-0.25, -0.2) is 4.98 Å². The third-order valence-corrected chi connectivity index (χ3v) is 5.17. The Morgan fingerprint density at radius 2 is 1.50 bits per heavy atom. The van der Waals surface area contributed by atoms with Crippen LogP contribution in [-0.2, 0) is 12.8 Å². The minimum Gasteiger partial charge on any atom is -0.269 e. The third kappa shape index (κ3) is 2.28. The molecule has 4 aromatic rings. The summed E-state index contributed by atoms with van der Waals surface area (Å²) in [5.41, 5.74) is 7.01. The van der Waals surface area contributed by atoms with E-state index in [0.717, 1.165) is 58.4 Å². The molecule has 0 saturated heterocycles. The van der Waals surface area contributed by atoms with E-state index in [4.69, 9.17) is 4.98 Å². The molecule has 0 spiro atoms. The quantitative estimate of drug-likeness (QED) is 0.539. The van der Waals surface area contributed by atoms with Crippen molar-refractivity contribution in [2.45, 2.75) is 19.3 Å². The van der Waals surface area contributed by atoms with Crippen LogP contribution in [-0.4, -0.2) is 9.38 Å². The summed E-state index contributed by atoms with van der Waals surface area (Å²) in [6, 6.07) is 22.6. The second-order valence-electron chi connectivity index (χ2n) is 6.73. The Bertz CT molecular complexity index is 1160. The maximum absolute atomic E-state index is 13.0. The van der Waals surface area contributed by atoms with Crippen LogP contribution in [0.25, 0.3) is 27.9 Å². The molecular weight excluding hydrogens is 320 g/mol. The minimum atomic E-state index is 0.0827. The molecule has 2 aromatic carbocycles. The first-order chi connectivity index (χ1) is 12.8. The summed E-state index contributed by atoms with van der Waals surface area (Å²) in [7, 11) is 0. The van der Waals surface area contributed by atoms with Gasteiger partial charge in [0.05, 0.1) is 5.69 Å². The van der Waals surface area contributed by atoms with Gasteiger partial charge in [-0.3, -0.25) is 9.20 Å². The monoisotopic (exact) mass is 338 g/mol. The second kappa shape index (κ2) is 5.95. The lowest BCUT2D eigenvalue weighted by Gasteiger charge is -2.15. The molecule has 3 heteroatoms. The first-order valence-corrected chi connectivity index (χ1v) is 9.01. The van der Waals surface area contributed by atoms with Crippen LogP contribution in [0.3, 0.4) is 0 Å². The van der Waals surface area contributed by atoms with Crippen molar-refractivity contribution in [1.82, 2.24) is 9.38 Å². The predicted octanol–water partition coefficient (Wildman–Crippen LogP) is 4.52. The summed E-state index contributed by atoms with van der Waals surface area (Å²) in [6.45, 7) is 0.